The van der Waals surface area contributed by atoms with Gasteiger partial charge in [-0.3, -0.25) is 4.79 Å². The van der Waals surface area contributed by atoms with E-state index in [-0.39, 0.29) is 24.4 Å². The van der Waals surface area contributed by atoms with Gasteiger partial charge in [-0.25, -0.2) is 0 Å². The molecule has 1 amide bonds. The van der Waals surface area contributed by atoms with Crippen molar-refractivity contribution in [3.8, 4) is 0 Å². The van der Waals surface area contributed by atoms with Gasteiger partial charge in [-0.1, -0.05) is 0 Å². The van der Waals surface area contributed by atoms with Crippen molar-refractivity contribution < 1.29 is 4.79 Å². The zero-order valence-corrected chi connectivity index (χ0v) is 14.0. The number of carbonyl (C=O) groups excluding carboxylic acids is 1. The largest absolute Gasteiger partial charge is 0.352 e. The molecule has 3 N–H and O–H groups in total. The maximum atomic E-state index is 11.9. The van der Waals surface area contributed by atoms with E-state index in [2.05, 4.69) is 10.2 Å². The van der Waals surface area contributed by atoms with Crippen molar-refractivity contribution in [1.82, 2.24) is 10.2 Å². The van der Waals surface area contributed by atoms with Gasteiger partial charge in [-0.2, -0.15) is 11.8 Å². The first-order valence-electron chi connectivity index (χ1n) is 7.46. The number of piperidine rings is 1. The third-order valence-electron chi connectivity index (χ3n) is 4.12. The number of hydrogen-bond donors (Lipinski definition) is 2. The first kappa shape index (κ1) is 18.1. The molecule has 6 heteroatoms. The first-order chi connectivity index (χ1) is 9.19. The van der Waals surface area contributed by atoms with Gasteiger partial charge in [-0.05, 0) is 50.0 Å². The molecule has 1 atom stereocenters. The van der Waals surface area contributed by atoms with Crippen molar-refractivity contribution in [2.45, 2.75) is 44.2 Å². The summed E-state index contributed by atoms with van der Waals surface area (Å²) in [6.07, 6.45) is 7.80. The van der Waals surface area contributed by atoms with E-state index in [9.17, 15) is 4.79 Å². The van der Waals surface area contributed by atoms with E-state index in [1.54, 1.807) is 11.8 Å². The molecule has 1 aliphatic heterocycles. The smallest absolute Gasteiger partial charge is 0.237 e. The Bertz CT molecular complexity index is 294. The highest BCUT2D eigenvalue weighted by Gasteiger charge is 2.27. The molecule has 118 valence electrons. The van der Waals surface area contributed by atoms with E-state index in [1.807, 2.05) is 6.26 Å². The summed E-state index contributed by atoms with van der Waals surface area (Å²) in [7, 11) is 0. The number of nitrogens with one attached hydrogen (secondary N) is 1. The molecule has 2 aliphatic rings. The summed E-state index contributed by atoms with van der Waals surface area (Å²) in [6, 6.07) is 0.000210. The molecule has 0 aromatic carbocycles. The van der Waals surface area contributed by atoms with Crippen molar-refractivity contribution in [2.24, 2.45) is 11.7 Å². The van der Waals surface area contributed by atoms with Gasteiger partial charge in [-0.15, -0.1) is 12.4 Å². The number of carbonyl (C=O) groups is 1. The number of rotatable bonds is 7. The normalized spacial score (nSPS) is 22.1. The van der Waals surface area contributed by atoms with Crippen LogP contribution < -0.4 is 11.1 Å². The molecule has 20 heavy (non-hydrogen) atoms. The van der Waals surface area contributed by atoms with E-state index >= 15 is 0 Å². The average Bonchev–Trinajstić information content (AvgIpc) is 3.22. The topological polar surface area (TPSA) is 58.4 Å². The molecular formula is C14H28ClN3OS. The molecule has 0 aromatic heterocycles. The molecule has 4 nitrogen and oxygen atoms in total. The van der Waals surface area contributed by atoms with Gasteiger partial charge in [0.1, 0.15) is 0 Å². The Balaban J connectivity index is 0.00000200. The molecule has 1 aliphatic carbocycles. The minimum absolute atomic E-state index is 0. The molecule has 1 heterocycles. The van der Waals surface area contributed by atoms with Gasteiger partial charge in [0.2, 0.25) is 5.91 Å². The summed E-state index contributed by atoms with van der Waals surface area (Å²) in [5, 5.41) is 3.12. The Morgan fingerprint density at radius 1 is 1.35 bits per heavy atom. The van der Waals surface area contributed by atoms with Crippen LogP contribution in [-0.2, 0) is 4.79 Å². The van der Waals surface area contributed by atoms with Crippen molar-refractivity contribution in [3.05, 3.63) is 0 Å². The average molecular weight is 322 g/mol. The molecule has 0 unspecified atom stereocenters. The lowest BCUT2D eigenvalue weighted by atomic mass is 10.0. The highest BCUT2D eigenvalue weighted by molar-refractivity contribution is 7.98. The van der Waals surface area contributed by atoms with Crippen LogP contribution in [0.4, 0.5) is 0 Å². The molecule has 1 saturated carbocycles. The SMILES string of the molecule is CSCC[C@H](N)C(=O)NC1CCN(CC2CC2)CC1.Cl. The van der Waals surface area contributed by atoms with Gasteiger partial charge in [0.15, 0.2) is 0 Å². The fraction of sp³-hybridized carbons (Fsp3) is 0.929. The maximum Gasteiger partial charge on any atom is 0.237 e. The van der Waals surface area contributed by atoms with Crippen LogP contribution in [0.15, 0.2) is 0 Å². The van der Waals surface area contributed by atoms with Crippen LogP contribution in [0, 0.1) is 5.92 Å². The zero-order chi connectivity index (χ0) is 13.7. The minimum Gasteiger partial charge on any atom is -0.352 e. The highest BCUT2D eigenvalue weighted by atomic mass is 35.5. The lowest BCUT2D eigenvalue weighted by Gasteiger charge is -2.32. The van der Waals surface area contributed by atoms with Crippen LogP contribution in [0.25, 0.3) is 0 Å². The first-order valence-corrected chi connectivity index (χ1v) is 8.85. The second-order valence-electron chi connectivity index (χ2n) is 5.91. The van der Waals surface area contributed by atoms with E-state index in [4.69, 9.17) is 5.73 Å². The maximum absolute atomic E-state index is 11.9. The monoisotopic (exact) mass is 321 g/mol. The number of hydrogen-bond acceptors (Lipinski definition) is 4. The summed E-state index contributed by atoms with van der Waals surface area (Å²) in [4.78, 5) is 14.5. The predicted octanol–water partition coefficient (Wildman–Crippen LogP) is 1.48. The Morgan fingerprint density at radius 2 is 2.00 bits per heavy atom. The molecule has 1 saturated heterocycles. The summed E-state index contributed by atoms with van der Waals surface area (Å²) in [6.45, 7) is 3.52. The van der Waals surface area contributed by atoms with Gasteiger partial charge in [0.05, 0.1) is 6.04 Å². The van der Waals surface area contributed by atoms with E-state index in [1.165, 1.54) is 19.4 Å². The molecule has 2 fully saturated rings. The third kappa shape index (κ3) is 6.20. The molecule has 0 aromatic rings. The Kier molecular flexibility index (Phi) is 8.25. The van der Waals surface area contributed by atoms with E-state index in [0.717, 1.165) is 44.0 Å². The quantitative estimate of drug-likeness (QED) is 0.745. The summed E-state index contributed by atoms with van der Waals surface area (Å²) in [5.41, 5.74) is 5.89. The van der Waals surface area contributed by atoms with Crippen molar-refractivity contribution in [3.63, 3.8) is 0 Å². The molecule has 0 radical (unpaired) electrons. The van der Waals surface area contributed by atoms with Crippen LogP contribution in [0.5, 0.6) is 0 Å². The lowest BCUT2D eigenvalue weighted by Crippen LogP contribution is -2.50. The number of nitrogens with zero attached hydrogens (tertiary/aromatic N) is 1. The van der Waals surface area contributed by atoms with Gasteiger partial charge in [0, 0.05) is 25.7 Å². The van der Waals surface area contributed by atoms with Crippen molar-refractivity contribution in [2.75, 3.05) is 31.6 Å². The Hall–Kier alpha value is 0.0300. The van der Waals surface area contributed by atoms with Crippen LogP contribution in [0.3, 0.4) is 0 Å². The van der Waals surface area contributed by atoms with E-state index in [0.29, 0.717) is 6.04 Å². The van der Waals surface area contributed by atoms with Crippen molar-refractivity contribution in [1.29, 1.82) is 0 Å². The van der Waals surface area contributed by atoms with Crippen molar-refractivity contribution >= 4 is 30.1 Å². The van der Waals surface area contributed by atoms with Crippen LogP contribution in [0.2, 0.25) is 0 Å². The molecule has 0 spiro atoms. The summed E-state index contributed by atoms with van der Waals surface area (Å²) >= 11 is 1.74. The second kappa shape index (κ2) is 9.13. The zero-order valence-electron chi connectivity index (χ0n) is 12.3. The Morgan fingerprint density at radius 3 is 2.55 bits per heavy atom. The fourth-order valence-corrected chi connectivity index (χ4v) is 3.10. The molecular weight excluding hydrogens is 294 g/mol. The minimum atomic E-state index is -0.336. The predicted molar refractivity (Wildman–Crippen MR) is 88.6 cm³/mol. The fourth-order valence-electron chi connectivity index (χ4n) is 2.61. The third-order valence-corrected chi connectivity index (χ3v) is 4.76. The Labute approximate surface area is 133 Å². The number of likely N-dealkylation sites (tertiary alicyclic amines) is 1. The van der Waals surface area contributed by atoms with Crippen LogP contribution >= 0.6 is 24.2 Å². The lowest BCUT2D eigenvalue weighted by molar-refractivity contribution is -0.123. The molecule has 0 bridgehead atoms. The number of amides is 1. The highest BCUT2D eigenvalue weighted by Crippen LogP contribution is 2.30. The number of halogens is 1. The van der Waals surface area contributed by atoms with Gasteiger partial charge < -0.3 is 16.0 Å². The van der Waals surface area contributed by atoms with E-state index < -0.39 is 0 Å². The summed E-state index contributed by atoms with van der Waals surface area (Å²) < 4.78 is 0. The number of thioether (sulfide) groups is 1. The summed E-state index contributed by atoms with van der Waals surface area (Å²) in [5.74, 6) is 1.95. The van der Waals surface area contributed by atoms with Gasteiger partial charge in [0.25, 0.3) is 0 Å². The van der Waals surface area contributed by atoms with Crippen LogP contribution in [-0.4, -0.2) is 54.5 Å². The molecule has 2 rings (SSSR count). The van der Waals surface area contributed by atoms with Gasteiger partial charge >= 0.3 is 0 Å². The second-order valence-corrected chi connectivity index (χ2v) is 6.90. The standard InChI is InChI=1S/C14H27N3OS.ClH/c1-19-9-6-13(15)14(18)16-12-4-7-17(8-5-12)10-11-2-3-11;/h11-13H,2-10,15H2,1H3,(H,16,18);1H/t13-;/m0./s1. The number of nitrogens with two attached hydrogens (primary N) is 1. The van der Waals surface area contributed by atoms with Crippen LogP contribution in [0.1, 0.15) is 32.1 Å².